The zero-order chi connectivity index (χ0) is 25.9. The molecule has 0 aliphatic carbocycles. The minimum Gasteiger partial charge on any atom is -0.454 e. The third-order valence-electron chi connectivity index (χ3n) is 5.71. The summed E-state index contributed by atoms with van der Waals surface area (Å²) >= 11 is 6.64. The van der Waals surface area contributed by atoms with Crippen LogP contribution in [0.3, 0.4) is 0 Å². The molecule has 2 aliphatic rings. The minimum absolute atomic E-state index is 0.0751. The molecular weight excluding hydrogens is 516 g/mol. The van der Waals surface area contributed by atoms with Crippen molar-refractivity contribution in [3.63, 3.8) is 0 Å². The van der Waals surface area contributed by atoms with Crippen LogP contribution in [0.25, 0.3) is 11.7 Å². The van der Waals surface area contributed by atoms with Gasteiger partial charge in [0.2, 0.25) is 6.79 Å². The maximum Gasteiger partial charge on any atom is 0.267 e. The van der Waals surface area contributed by atoms with Crippen molar-refractivity contribution in [1.82, 2.24) is 14.3 Å². The van der Waals surface area contributed by atoms with Gasteiger partial charge in [0.15, 0.2) is 11.5 Å². The van der Waals surface area contributed by atoms with Crippen molar-refractivity contribution in [2.24, 2.45) is 0 Å². The number of fused-ring (bicyclic) bond motifs is 2. The Hall–Kier alpha value is -3.45. The zero-order valence-electron chi connectivity index (χ0n) is 19.9. The molecule has 2 aliphatic heterocycles. The lowest BCUT2D eigenvalue weighted by Crippen LogP contribution is -2.27. The lowest BCUT2D eigenvalue weighted by Gasteiger charge is -2.15. The van der Waals surface area contributed by atoms with E-state index in [4.69, 9.17) is 31.5 Å². The fourth-order valence-corrected chi connectivity index (χ4v) is 5.16. The monoisotopic (exact) mass is 540 g/mol. The Kier molecular flexibility index (Phi) is 7.42. The van der Waals surface area contributed by atoms with Crippen LogP contribution in [0.2, 0.25) is 0 Å². The number of ether oxygens (including phenoxy) is 3. The highest BCUT2D eigenvalue weighted by Crippen LogP contribution is 2.36. The lowest BCUT2D eigenvalue weighted by atomic mass is 10.2. The first-order chi connectivity index (χ1) is 17.9. The summed E-state index contributed by atoms with van der Waals surface area (Å²) in [5.74, 6) is 1.33. The molecule has 2 N–H and O–H groups in total. The number of aliphatic hydroxyl groups excluding tert-OH is 1. The SMILES string of the molecule is Cc1ccc2nc(NCCOCCO)c(/C=C3\SC(=S)N(Cc4ccc5c(c4)OCO5)C3=O)c(=O)n2c1. The van der Waals surface area contributed by atoms with Crippen LogP contribution in [-0.4, -0.2) is 62.8 Å². The Balaban J connectivity index is 1.44. The van der Waals surface area contributed by atoms with Crippen LogP contribution in [0.1, 0.15) is 16.7 Å². The lowest BCUT2D eigenvalue weighted by molar-refractivity contribution is -0.122. The molecule has 12 heteroatoms. The number of nitrogens with one attached hydrogen (secondary N) is 1. The maximum absolute atomic E-state index is 13.5. The van der Waals surface area contributed by atoms with Crippen LogP contribution >= 0.6 is 24.0 Å². The predicted molar refractivity (Wildman–Crippen MR) is 144 cm³/mol. The molecule has 0 unspecified atom stereocenters. The third kappa shape index (κ3) is 5.32. The molecule has 1 amide bonds. The van der Waals surface area contributed by atoms with Gasteiger partial charge in [-0.1, -0.05) is 36.1 Å². The van der Waals surface area contributed by atoms with E-state index in [1.54, 1.807) is 24.4 Å². The number of hydrogen-bond donors (Lipinski definition) is 2. The van der Waals surface area contributed by atoms with Gasteiger partial charge in [0.1, 0.15) is 15.8 Å². The van der Waals surface area contributed by atoms with Gasteiger partial charge in [-0.25, -0.2) is 4.98 Å². The van der Waals surface area contributed by atoms with Crippen molar-refractivity contribution in [3.05, 3.63) is 68.5 Å². The summed E-state index contributed by atoms with van der Waals surface area (Å²) in [7, 11) is 0. The second-order valence-electron chi connectivity index (χ2n) is 8.33. The number of rotatable bonds is 9. The molecule has 0 spiro atoms. The van der Waals surface area contributed by atoms with Crippen molar-refractivity contribution in [3.8, 4) is 11.5 Å². The van der Waals surface area contributed by atoms with Crippen molar-refractivity contribution in [1.29, 1.82) is 0 Å². The number of aryl methyl sites for hydroxylation is 1. The van der Waals surface area contributed by atoms with Gasteiger partial charge in [0, 0.05) is 12.7 Å². The smallest absolute Gasteiger partial charge is 0.267 e. The Bertz CT molecular complexity index is 1470. The number of thioether (sulfide) groups is 1. The molecule has 192 valence electrons. The largest absolute Gasteiger partial charge is 0.454 e. The summed E-state index contributed by atoms with van der Waals surface area (Å²) < 4.78 is 17.9. The van der Waals surface area contributed by atoms with Gasteiger partial charge >= 0.3 is 0 Å². The van der Waals surface area contributed by atoms with E-state index in [9.17, 15) is 9.59 Å². The molecule has 0 atom stereocenters. The van der Waals surface area contributed by atoms with Gasteiger partial charge in [0.25, 0.3) is 11.5 Å². The van der Waals surface area contributed by atoms with Crippen molar-refractivity contribution >= 4 is 51.7 Å². The first-order valence-corrected chi connectivity index (χ1v) is 12.8. The van der Waals surface area contributed by atoms with Gasteiger partial charge in [0.05, 0.1) is 36.8 Å². The fourth-order valence-electron chi connectivity index (χ4n) is 3.92. The van der Waals surface area contributed by atoms with Crippen molar-refractivity contribution in [2.45, 2.75) is 13.5 Å². The van der Waals surface area contributed by atoms with Crippen molar-refractivity contribution < 1.29 is 24.1 Å². The number of carbonyl (C=O) groups excluding carboxylic acids is 1. The van der Waals surface area contributed by atoms with Crippen LogP contribution in [0.4, 0.5) is 5.82 Å². The van der Waals surface area contributed by atoms with Gasteiger partial charge in [-0.15, -0.1) is 0 Å². The highest BCUT2D eigenvalue weighted by atomic mass is 32.2. The quantitative estimate of drug-likeness (QED) is 0.238. The number of nitrogens with zero attached hydrogens (tertiary/aromatic N) is 3. The van der Waals surface area contributed by atoms with E-state index >= 15 is 0 Å². The number of amides is 1. The first-order valence-electron chi connectivity index (χ1n) is 11.5. The van der Waals surface area contributed by atoms with E-state index in [0.717, 1.165) is 22.9 Å². The predicted octanol–water partition coefficient (Wildman–Crippen LogP) is 2.55. The Morgan fingerprint density at radius 1 is 1.22 bits per heavy atom. The molecule has 0 bridgehead atoms. The second kappa shape index (κ2) is 10.9. The van der Waals surface area contributed by atoms with E-state index in [2.05, 4.69) is 10.3 Å². The number of carbonyl (C=O) groups is 1. The third-order valence-corrected chi connectivity index (χ3v) is 7.08. The van der Waals surface area contributed by atoms with Gasteiger partial charge in [-0.3, -0.25) is 18.9 Å². The number of anilines is 1. The Morgan fingerprint density at radius 3 is 2.89 bits per heavy atom. The van der Waals surface area contributed by atoms with E-state index in [-0.39, 0.29) is 43.6 Å². The maximum atomic E-state index is 13.5. The molecule has 0 saturated carbocycles. The Morgan fingerprint density at radius 2 is 2.05 bits per heavy atom. The standard InChI is InChI=1S/C25H24N4O6S2/c1-15-2-5-21-27-22(26-6-8-33-9-7-30)17(23(31)28(21)12-15)11-20-24(32)29(25(36)37-20)13-16-3-4-18-19(10-16)35-14-34-18/h2-5,10-12,26,30H,6-9,13-14H2,1H3/b20-11-. The molecule has 4 heterocycles. The van der Waals surface area contributed by atoms with Crippen LogP contribution < -0.4 is 20.3 Å². The van der Waals surface area contributed by atoms with E-state index < -0.39 is 0 Å². The first kappa shape index (κ1) is 25.2. The molecular formula is C25H24N4O6S2. The highest BCUT2D eigenvalue weighted by Gasteiger charge is 2.33. The molecule has 0 radical (unpaired) electrons. The Labute approximate surface area is 221 Å². The average molecular weight is 541 g/mol. The molecule has 5 rings (SSSR count). The van der Waals surface area contributed by atoms with Gasteiger partial charge in [-0.05, 0) is 42.3 Å². The van der Waals surface area contributed by atoms with E-state index in [0.29, 0.717) is 45.3 Å². The average Bonchev–Trinajstić information content (AvgIpc) is 3.46. The number of thiocarbonyl (C=S) groups is 1. The number of benzene rings is 1. The van der Waals surface area contributed by atoms with Crippen LogP contribution in [0.5, 0.6) is 11.5 Å². The second-order valence-corrected chi connectivity index (χ2v) is 10.0. The van der Waals surface area contributed by atoms with Gasteiger partial charge in [-0.2, -0.15) is 0 Å². The topological polar surface area (TPSA) is 115 Å². The summed E-state index contributed by atoms with van der Waals surface area (Å²) in [6.45, 7) is 3.13. The number of aromatic nitrogens is 2. The van der Waals surface area contributed by atoms with E-state index in [1.165, 1.54) is 9.30 Å². The van der Waals surface area contributed by atoms with Crippen LogP contribution in [0, 0.1) is 6.92 Å². The molecule has 1 aromatic carbocycles. The minimum atomic E-state index is -0.312. The van der Waals surface area contributed by atoms with Crippen LogP contribution in [0.15, 0.2) is 46.2 Å². The van der Waals surface area contributed by atoms with E-state index in [1.807, 2.05) is 25.1 Å². The number of hydrogen-bond acceptors (Lipinski definition) is 10. The zero-order valence-corrected chi connectivity index (χ0v) is 21.6. The summed E-state index contributed by atoms with van der Waals surface area (Å²) in [6, 6.07) is 9.12. The number of pyridine rings is 1. The fraction of sp³-hybridized carbons (Fsp3) is 0.280. The summed E-state index contributed by atoms with van der Waals surface area (Å²) in [5, 5.41) is 12.0. The van der Waals surface area contributed by atoms with Crippen LogP contribution in [-0.2, 0) is 16.1 Å². The van der Waals surface area contributed by atoms with Crippen molar-refractivity contribution in [2.75, 3.05) is 38.5 Å². The van der Waals surface area contributed by atoms with Gasteiger partial charge < -0.3 is 24.6 Å². The number of aliphatic hydroxyl groups is 1. The summed E-state index contributed by atoms with van der Waals surface area (Å²) in [5.41, 5.74) is 2.15. The molecule has 1 fully saturated rings. The summed E-state index contributed by atoms with van der Waals surface area (Å²) in [6.07, 6.45) is 3.25. The highest BCUT2D eigenvalue weighted by molar-refractivity contribution is 8.26. The molecule has 2 aromatic heterocycles. The molecule has 37 heavy (non-hydrogen) atoms. The molecule has 1 saturated heterocycles. The molecule has 3 aromatic rings. The molecule has 10 nitrogen and oxygen atoms in total. The normalized spacial score (nSPS) is 15.8. The summed E-state index contributed by atoms with van der Waals surface area (Å²) in [4.78, 5) is 33.2.